The molecule has 2 aromatic rings. The summed E-state index contributed by atoms with van der Waals surface area (Å²) in [7, 11) is 0. The Morgan fingerprint density at radius 2 is 2.22 bits per heavy atom. The lowest BCUT2D eigenvalue weighted by atomic mass is 10.1. The van der Waals surface area contributed by atoms with Crippen LogP contribution in [0.2, 0.25) is 0 Å². The molecule has 0 bridgehead atoms. The number of esters is 1. The number of hydrogen-bond acceptors (Lipinski definition) is 4. The summed E-state index contributed by atoms with van der Waals surface area (Å²) >= 11 is 0. The van der Waals surface area contributed by atoms with Gasteiger partial charge in [-0.2, -0.15) is 10.3 Å². The van der Waals surface area contributed by atoms with E-state index in [4.69, 9.17) is 4.74 Å². The SMILES string of the molecule is CCOC(=O)c1n[nH]nc1-c1ccc(F)c(C)c1. The first-order valence-electron chi connectivity index (χ1n) is 5.48. The van der Waals surface area contributed by atoms with Crippen molar-refractivity contribution in [1.29, 1.82) is 0 Å². The highest BCUT2D eigenvalue weighted by atomic mass is 19.1. The zero-order valence-corrected chi connectivity index (χ0v) is 10.0. The van der Waals surface area contributed by atoms with Crippen LogP contribution in [-0.4, -0.2) is 28.0 Å². The van der Waals surface area contributed by atoms with E-state index in [1.807, 2.05) is 0 Å². The standard InChI is InChI=1S/C12H12FN3O2/c1-3-18-12(17)11-10(14-16-15-11)8-4-5-9(13)7(2)6-8/h4-6H,3H2,1-2H3,(H,14,15,16). The summed E-state index contributed by atoms with van der Waals surface area (Å²) in [5.41, 5.74) is 1.55. The number of rotatable bonds is 3. The number of ether oxygens (including phenoxy) is 1. The van der Waals surface area contributed by atoms with Crippen molar-refractivity contribution >= 4 is 5.97 Å². The number of aryl methyl sites for hydroxylation is 1. The van der Waals surface area contributed by atoms with Crippen LogP contribution in [0, 0.1) is 12.7 Å². The van der Waals surface area contributed by atoms with Crippen LogP contribution in [0.15, 0.2) is 18.2 Å². The number of benzene rings is 1. The highest BCUT2D eigenvalue weighted by molar-refractivity contribution is 5.93. The molecule has 0 radical (unpaired) electrons. The number of aromatic nitrogens is 3. The number of halogens is 1. The molecule has 0 aliphatic carbocycles. The van der Waals surface area contributed by atoms with Crippen molar-refractivity contribution in [2.24, 2.45) is 0 Å². The minimum absolute atomic E-state index is 0.0999. The lowest BCUT2D eigenvalue weighted by molar-refractivity contribution is 0.0520. The molecule has 1 N–H and O–H groups in total. The van der Waals surface area contributed by atoms with Gasteiger partial charge in [-0.15, -0.1) is 5.10 Å². The molecule has 1 aromatic carbocycles. The summed E-state index contributed by atoms with van der Waals surface area (Å²) in [6, 6.07) is 4.48. The summed E-state index contributed by atoms with van der Waals surface area (Å²) in [6.07, 6.45) is 0. The Labute approximate surface area is 103 Å². The van der Waals surface area contributed by atoms with Gasteiger partial charge in [-0.1, -0.05) is 0 Å². The second-order valence-electron chi connectivity index (χ2n) is 3.71. The van der Waals surface area contributed by atoms with Crippen LogP contribution in [0.1, 0.15) is 23.0 Å². The molecule has 0 amide bonds. The molecule has 94 valence electrons. The Morgan fingerprint density at radius 3 is 2.89 bits per heavy atom. The van der Waals surface area contributed by atoms with Crippen LogP contribution in [0.25, 0.3) is 11.3 Å². The van der Waals surface area contributed by atoms with Gasteiger partial charge in [-0.05, 0) is 37.6 Å². The van der Waals surface area contributed by atoms with Crippen molar-refractivity contribution in [2.45, 2.75) is 13.8 Å². The Balaban J connectivity index is 2.42. The highest BCUT2D eigenvalue weighted by Crippen LogP contribution is 2.22. The van der Waals surface area contributed by atoms with E-state index in [9.17, 15) is 9.18 Å². The van der Waals surface area contributed by atoms with Gasteiger partial charge in [0.1, 0.15) is 11.5 Å². The van der Waals surface area contributed by atoms with Crippen molar-refractivity contribution in [2.75, 3.05) is 6.61 Å². The average Bonchev–Trinajstić information content (AvgIpc) is 2.82. The van der Waals surface area contributed by atoms with Gasteiger partial charge in [0, 0.05) is 5.56 Å². The number of hydrogen-bond donors (Lipinski definition) is 1. The fraction of sp³-hybridized carbons (Fsp3) is 0.250. The molecule has 0 saturated heterocycles. The Bertz CT molecular complexity index is 580. The molecule has 18 heavy (non-hydrogen) atoms. The molecule has 6 heteroatoms. The van der Waals surface area contributed by atoms with E-state index in [2.05, 4.69) is 15.4 Å². The third kappa shape index (κ3) is 2.22. The lowest BCUT2D eigenvalue weighted by Crippen LogP contribution is -2.06. The number of carbonyl (C=O) groups is 1. The monoisotopic (exact) mass is 249 g/mol. The van der Waals surface area contributed by atoms with E-state index in [1.54, 1.807) is 26.0 Å². The van der Waals surface area contributed by atoms with Gasteiger partial charge in [0.2, 0.25) is 0 Å². The molecule has 0 spiro atoms. The quantitative estimate of drug-likeness (QED) is 0.846. The van der Waals surface area contributed by atoms with Crippen molar-refractivity contribution in [1.82, 2.24) is 15.4 Å². The van der Waals surface area contributed by atoms with Gasteiger partial charge < -0.3 is 4.74 Å². The van der Waals surface area contributed by atoms with E-state index in [0.29, 0.717) is 16.8 Å². The highest BCUT2D eigenvalue weighted by Gasteiger charge is 2.19. The molecule has 0 aliphatic heterocycles. The Kier molecular flexibility index (Phi) is 3.36. The summed E-state index contributed by atoms with van der Waals surface area (Å²) < 4.78 is 18.1. The maximum atomic E-state index is 13.2. The molecule has 0 fully saturated rings. The normalized spacial score (nSPS) is 10.4. The van der Waals surface area contributed by atoms with Crippen molar-refractivity contribution in [3.05, 3.63) is 35.3 Å². The minimum Gasteiger partial charge on any atom is -0.461 e. The number of nitrogens with one attached hydrogen (secondary N) is 1. The van der Waals surface area contributed by atoms with Crippen molar-refractivity contribution in [3.8, 4) is 11.3 Å². The van der Waals surface area contributed by atoms with Gasteiger partial charge >= 0.3 is 5.97 Å². The topological polar surface area (TPSA) is 67.9 Å². The molecule has 2 rings (SSSR count). The van der Waals surface area contributed by atoms with Gasteiger partial charge in [0.05, 0.1) is 6.61 Å². The zero-order valence-electron chi connectivity index (χ0n) is 10.0. The number of H-pyrrole nitrogens is 1. The third-order valence-corrected chi connectivity index (χ3v) is 2.45. The smallest absolute Gasteiger partial charge is 0.361 e. The second kappa shape index (κ2) is 4.95. The number of nitrogens with zero attached hydrogens (tertiary/aromatic N) is 2. The van der Waals surface area contributed by atoms with Crippen LogP contribution < -0.4 is 0 Å². The van der Waals surface area contributed by atoms with Crippen LogP contribution in [0.5, 0.6) is 0 Å². The maximum Gasteiger partial charge on any atom is 0.361 e. The fourth-order valence-electron chi connectivity index (χ4n) is 1.57. The van der Waals surface area contributed by atoms with Crippen LogP contribution in [-0.2, 0) is 4.74 Å². The molecule has 1 aromatic heterocycles. The van der Waals surface area contributed by atoms with Gasteiger partial charge in [0.25, 0.3) is 0 Å². The molecule has 5 nitrogen and oxygen atoms in total. The number of carbonyl (C=O) groups excluding carboxylic acids is 1. The van der Waals surface area contributed by atoms with E-state index >= 15 is 0 Å². The van der Waals surface area contributed by atoms with E-state index in [-0.39, 0.29) is 18.1 Å². The van der Waals surface area contributed by atoms with Crippen LogP contribution in [0.3, 0.4) is 0 Å². The summed E-state index contributed by atoms with van der Waals surface area (Å²) in [6.45, 7) is 3.61. The maximum absolute atomic E-state index is 13.2. The fourth-order valence-corrected chi connectivity index (χ4v) is 1.57. The predicted molar refractivity (Wildman–Crippen MR) is 62.5 cm³/mol. The predicted octanol–water partition coefficient (Wildman–Crippen LogP) is 2.10. The first-order chi connectivity index (χ1) is 8.63. The summed E-state index contributed by atoms with van der Waals surface area (Å²) in [4.78, 5) is 11.6. The molecular formula is C12H12FN3O2. The minimum atomic E-state index is -0.553. The van der Waals surface area contributed by atoms with Crippen LogP contribution in [0.4, 0.5) is 4.39 Å². The first-order valence-corrected chi connectivity index (χ1v) is 5.48. The van der Waals surface area contributed by atoms with E-state index in [1.165, 1.54) is 6.07 Å². The Hall–Kier alpha value is -2.24. The molecule has 0 unspecified atom stereocenters. The van der Waals surface area contributed by atoms with Gasteiger partial charge in [0.15, 0.2) is 5.69 Å². The second-order valence-corrected chi connectivity index (χ2v) is 3.71. The third-order valence-electron chi connectivity index (χ3n) is 2.45. The molecular weight excluding hydrogens is 237 g/mol. The van der Waals surface area contributed by atoms with Crippen LogP contribution >= 0.6 is 0 Å². The van der Waals surface area contributed by atoms with Gasteiger partial charge in [-0.3, -0.25) is 0 Å². The average molecular weight is 249 g/mol. The molecule has 1 heterocycles. The largest absolute Gasteiger partial charge is 0.461 e. The molecule has 0 saturated carbocycles. The number of aromatic amines is 1. The first kappa shape index (κ1) is 12.2. The zero-order chi connectivity index (χ0) is 13.1. The molecule has 0 atom stereocenters. The lowest BCUT2D eigenvalue weighted by Gasteiger charge is -2.02. The molecule has 0 aliphatic rings. The van der Waals surface area contributed by atoms with Gasteiger partial charge in [-0.25, -0.2) is 9.18 Å². The van der Waals surface area contributed by atoms with E-state index in [0.717, 1.165) is 0 Å². The van der Waals surface area contributed by atoms with Crippen molar-refractivity contribution in [3.63, 3.8) is 0 Å². The van der Waals surface area contributed by atoms with Crippen molar-refractivity contribution < 1.29 is 13.9 Å². The Morgan fingerprint density at radius 1 is 1.44 bits per heavy atom. The van der Waals surface area contributed by atoms with E-state index < -0.39 is 5.97 Å². The summed E-state index contributed by atoms with van der Waals surface area (Å²) in [5.74, 6) is -0.858. The summed E-state index contributed by atoms with van der Waals surface area (Å²) in [5, 5.41) is 10.0.